The number of aliphatic hydroxyl groups excluding tert-OH is 1. The molecule has 0 aromatic carbocycles. The molecular formula is C8H10OS. The smallest absolute Gasteiger partial charge is 0.0465 e. The molecule has 0 radical (unpaired) electrons. The monoisotopic (exact) mass is 154 g/mol. The van der Waals surface area contributed by atoms with Gasteiger partial charge in [-0.05, 0) is 23.9 Å². The Morgan fingerprint density at radius 2 is 2.50 bits per heavy atom. The maximum absolute atomic E-state index is 8.45. The Bertz CT molecular complexity index is 189. The average Bonchev–Trinajstić information content (AvgIpc) is 2.41. The Kier molecular flexibility index (Phi) is 3.19. The van der Waals surface area contributed by atoms with Crippen molar-refractivity contribution in [2.75, 3.05) is 6.61 Å². The quantitative estimate of drug-likeness (QED) is 0.707. The molecular weight excluding hydrogens is 144 g/mol. The van der Waals surface area contributed by atoms with E-state index in [0.717, 1.165) is 6.42 Å². The molecule has 1 aromatic rings. The fourth-order valence-corrected chi connectivity index (χ4v) is 1.31. The minimum atomic E-state index is 0.238. The summed E-state index contributed by atoms with van der Waals surface area (Å²) < 4.78 is 0. The van der Waals surface area contributed by atoms with E-state index in [4.69, 9.17) is 5.11 Å². The number of hydrogen-bond acceptors (Lipinski definition) is 2. The van der Waals surface area contributed by atoms with E-state index in [9.17, 15) is 0 Å². The third kappa shape index (κ3) is 2.33. The minimum absolute atomic E-state index is 0.238. The van der Waals surface area contributed by atoms with Gasteiger partial charge in [-0.3, -0.25) is 0 Å². The van der Waals surface area contributed by atoms with Gasteiger partial charge in [-0.15, -0.1) is 11.3 Å². The van der Waals surface area contributed by atoms with Crippen molar-refractivity contribution in [3.63, 3.8) is 0 Å². The van der Waals surface area contributed by atoms with Crippen molar-refractivity contribution < 1.29 is 5.11 Å². The van der Waals surface area contributed by atoms with Gasteiger partial charge in [0, 0.05) is 11.5 Å². The highest BCUT2D eigenvalue weighted by Crippen LogP contribution is 2.10. The van der Waals surface area contributed by atoms with Crippen LogP contribution in [0.1, 0.15) is 11.3 Å². The van der Waals surface area contributed by atoms with Crippen molar-refractivity contribution in [1.29, 1.82) is 0 Å². The van der Waals surface area contributed by atoms with Crippen LogP contribution in [0.4, 0.5) is 0 Å². The molecule has 0 unspecified atom stereocenters. The normalized spacial score (nSPS) is 10.9. The minimum Gasteiger partial charge on any atom is -0.396 e. The molecule has 0 aliphatic rings. The molecule has 0 fully saturated rings. The van der Waals surface area contributed by atoms with Crippen LogP contribution in [0.5, 0.6) is 0 Å². The van der Waals surface area contributed by atoms with Crippen LogP contribution in [0.3, 0.4) is 0 Å². The standard InChI is InChI=1S/C8H10OS/c9-6-2-1-4-8-5-3-7-10-8/h1,3-5,7,9H,2,6H2/b4-1+. The molecule has 1 rings (SSSR count). The summed E-state index contributed by atoms with van der Waals surface area (Å²) in [7, 11) is 0. The zero-order valence-electron chi connectivity index (χ0n) is 5.66. The molecule has 1 N–H and O–H groups in total. The lowest BCUT2D eigenvalue weighted by Gasteiger charge is -1.82. The Balaban J connectivity index is 2.40. The molecule has 0 aliphatic carbocycles. The van der Waals surface area contributed by atoms with Gasteiger partial charge in [-0.25, -0.2) is 0 Å². The summed E-state index contributed by atoms with van der Waals surface area (Å²) >= 11 is 1.70. The highest BCUT2D eigenvalue weighted by atomic mass is 32.1. The van der Waals surface area contributed by atoms with Crippen LogP contribution < -0.4 is 0 Å². The number of rotatable bonds is 3. The van der Waals surface area contributed by atoms with Gasteiger partial charge in [0.05, 0.1) is 0 Å². The van der Waals surface area contributed by atoms with E-state index in [1.165, 1.54) is 4.88 Å². The van der Waals surface area contributed by atoms with Crippen molar-refractivity contribution in [3.8, 4) is 0 Å². The van der Waals surface area contributed by atoms with Crippen LogP contribution in [-0.4, -0.2) is 11.7 Å². The molecule has 0 bridgehead atoms. The lowest BCUT2D eigenvalue weighted by molar-refractivity contribution is 0.303. The van der Waals surface area contributed by atoms with E-state index >= 15 is 0 Å². The summed E-state index contributed by atoms with van der Waals surface area (Å²) in [6, 6.07) is 4.07. The van der Waals surface area contributed by atoms with Crippen LogP contribution in [0, 0.1) is 0 Å². The van der Waals surface area contributed by atoms with E-state index in [2.05, 4.69) is 6.07 Å². The Morgan fingerprint density at radius 3 is 3.10 bits per heavy atom. The predicted molar refractivity (Wildman–Crippen MR) is 45.1 cm³/mol. The summed E-state index contributed by atoms with van der Waals surface area (Å²) in [5, 5.41) is 10.5. The van der Waals surface area contributed by atoms with E-state index in [0.29, 0.717) is 0 Å². The molecule has 2 heteroatoms. The first-order chi connectivity index (χ1) is 4.93. The van der Waals surface area contributed by atoms with Gasteiger partial charge in [-0.2, -0.15) is 0 Å². The highest BCUT2D eigenvalue weighted by Gasteiger charge is 1.82. The van der Waals surface area contributed by atoms with Gasteiger partial charge in [0.15, 0.2) is 0 Å². The molecule has 0 saturated carbocycles. The summed E-state index contributed by atoms with van der Waals surface area (Å²) in [5.41, 5.74) is 0. The van der Waals surface area contributed by atoms with Crippen molar-refractivity contribution in [3.05, 3.63) is 28.5 Å². The number of hydrogen-bond donors (Lipinski definition) is 1. The second-order valence-corrected chi connectivity index (χ2v) is 2.91. The lowest BCUT2D eigenvalue weighted by Crippen LogP contribution is -1.73. The molecule has 54 valence electrons. The summed E-state index contributed by atoms with van der Waals surface area (Å²) in [5.74, 6) is 0. The van der Waals surface area contributed by atoms with Gasteiger partial charge < -0.3 is 5.11 Å². The average molecular weight is 154 g/mol. The van der Waals surface area contributed by atoms with Crippen molar-refractivity contribution in [2.24, 2.45) is 0 Å². The van der Waals surface area contributed by atoms with Crippen LogP contribution in [0.25, 0.3) is 6.08 Å². The highest BCUT2D eigenvalue weighted by molar-refractivity contribution is 7.10. The second kappa shape index (κ2) is 4.25. The summed E-state index contributed by atoms with van der Waals surface area (Å²) in [6.07, 6.45) is 4.75. The van der Waals surface area contributed by atoms with Crippen molar-refractivity contribution in [1.82, 2.24) is 0 Å². The van der Waals surface area contributed by atoms with E-state index in [1.54, 1.807) is 11.3 Å². The molecule has 0 saturated heterocycles. The zero-order valence-corrected chi connectivity index (χ0v) is 6.47. The Morgan fingerprint density at radius 1 is 1.60 bits per heavy atom. The molecule has 10 heavy (non-hydrogen) atoms. The molecule has 1 nitrogen and oxygen atoms in total. The van der Waals surface area contributed by atoms with Gasteiger partial charge in [0.2, 0.25) is 0 Å². The first-order valence-corrected chi connectivity index (χ1v) is 4.12. The molecule has 1 heterocycles. The fraction of sp³-hybridized carbons (Fsp3) is 0.250. The van der Waals surface area contributed by atoms with Crippen LogP contribution >= 0.6 is 11.3 Å². The number of aliphatic hydroxyl groups is 1. The van der Waals surface area contributed by atoms with Crippen molar-refractivity contribution in [2.45, 2.75) is 6.42 Å². The zero-order chi connectivity index (χ0) is 7.23. The topological polar surface area (TPSA) is 20.2 Å². The second-order valence-electron chi connectivity index (χ2n) is 1.93. The maximum Gasteiger partial charge on any atom is 0.0465 e. The lowest BCUT2D eigenvalue weighted by atomic mass is 10.3. The predicted octanol–water partition coefficient (Wildman–Crippen LogP) is 2.14. The summed E-state index contributed by atoms with van der Waals surface area (Å²) in [4.78, 5) is 1.24. The van der Waals surface area contributed by atoms with Gasteiger partial charge in [0.25, 0.3) is 0 Å². The van der Waals surface area contributed by atoms with E-state index < -0.39 is 0 Å². The first kappa shape index (κ1) is 7.51. The first-order valence-electron chi connectivity index (χ1n) is 3.24. The Labute approximate surface area is 64.6 Å². The Hall–Kier alpha value is -0.600. The molecule has 0 aliphatic heterocycles. The van der Waals surface area contributed by atoms with Gasteiger partial charge >= 0.3 is 0 Å². The van der Waals surface area contributed by atoms with Gasteiger partial charge in [-0.1, -0.05) is 12.1 Å². The summed E-state index contributed by atoms with van der Waals surface area (Å²) in [6.45, 7) is 0.238. The maximum atomic E-state index is 8.45. The molecule has 0 atom stereocenters. The van der Waals surface area contributed by atoms with E-state index in [1.807, 2.05) is 23.6 Å². The SMILES string of the molecule is OCC/C=C/c1cccs1. The molecule has 0 spiro atoms. The fourth-order valence-electron chi connectivity index (χ4n) is 0.660. The van der Waals surface area contributed by atoms with E-state index in [-0.39, 0.29) is 6.61 Å². The third-order valence-electron chi connectivity index (χ3n) is 1.12. The largest absolute Gasteiger partial charge is 0.396 e. The van der Waals surface area contributed by atoms with Crippen LogP contribution in [0.2, 0.25) is 0 Å². The van der Waals surface area contributed by atoms with Crippen LogP contribution in [0.15, 0.2) is 23.6 Å². The van der Waals surface area contributed by atoms with Crippen molar-refractivity contribution >= 4 is 17.4 Å². The molecule has 0 amide bonds. The number of thiophene rings is 1. The van der Waals surface area contributed by atoms with Gasteiger partial charge in [0.1, 0.15) is 0 Å². The van der Waals surface area contributed by atoms with Crippen LogP contribution in [-0.2, 0) is 0 Å². The third-order valence-corrected chi connectivity index (χ3v) is 1.96. The molecule has 1 aromatic heterocycles.